The van der Waals surface area contributed by atoms with Crippen molar-refractivity contribution in [3.63, 3.8) is 0 Å². The highest BCUT2D eigenvalue weighted by Crippen LogP contribution is 2.05. The van der Waals surface area contributed by atoms with Crippen LogP contribution in [0.15, 0.2) is 36.5 Å². The zero-order valence-corrected chi connectivity index (χ0v) is 12.9. The van der Waals surface area contributed by atoms with Crippen molar-refractivity contribution >= 4 is 5.97 Å². The molecule has 0 saturated heterocycles. The molecular weight excluding hydrogens is 248 g/mol. The van der Waals surface area contributed by atoms with Crippen molar-refractivity contribution in [1.29, 1.82) is 0 Å². The predicted molar refractivity (Wildman–Crippen MR) is 86.9 cm³/mol. The summed E-state index contributed by atoms with van der Waals surface area (Å²) in [5.41, 5.74) is 0. The summed E-state index contributed by atoms with van der Waals surface area (Å²) in [5.74, 6) is -0.688. The van der Waals surface area contributed by atoms with Gasteiger partial charge in [0, 0.05) is 6.42 Å². The maximum atomic E-state index is 10.3. The second-order valence-corrected chi connectivity index (χ2v) is 4.98. The fraction of sp³-hybridized carbons (Fsp3) is 0.611. The third-order valence-electron chi connectivity index (χ3n) is 3.01. The Morgan fingerprint density at radius 1 is 0.800 bits per heavy atom. The fourth-order valence-electron chi connectivity index (χ4n) is 1.85. The first-order valence-corrected chi connectivity index (χ1v) is 7.94. The van der Waals surface area contributed by atoms with Gasteiger partial charge < -0.3 is 5.11 Å². The molecule has 2 heteroatoms. The van der Waals surface area contributed by atoms with Crippen molar-refractivity contribution in [2.75, 3.05) is 0 Å². The number of aliphatic carboxylic acids is 1. The molecule has 1 N–H and O–H groups in total. The highest BCUT2D eigenvalue weighted by atomic mass is 16.4. The van der Waals surface area contributed by atoms with Gasteiger partial charge in [0.2, 0.25) is 0 Å². The van der Waals surface area contributed by atoms with Crippen molar-refractivity contribution in [1.82, 2.24) is 0 Å². The molecule has 0 aromatic carbocycles. The first-order chi connectivity index (χ1) is 9.77. The number of unbranched alkanes of at least 4 members (excludes halogenated alkanes) is 5. The van der Waals surface area contributed by atoms with Crippen LogP contribution >= 0.6 is 0 Å². The van der Waals surface area contributed by atoms with E-state index < -0.39 is 5.97 Å². The second kappa shape index (κ2) is 15.7. The van der Waals surface area contributed by atoms with E-state index in [2.05, 4.69) is 43.4 Å². The van der Waals surface area contributed by atoms with E-state index in [1.165, 1.54) is 19.3 Å². The summed E-state index contributed by atoms with van der Waals surface area (Å²) in [6, 6.07) is 0. The maximum absolute atomic E-state index is 10.3. The summed E-state index contributed by atoms with van der Waals surface area (Å²) >= 11 is 0. The van der Waals surface area contributed by atoms with Crippen LogP contribution in [-0.4, -0.2) is 11.1 Å². The van der Waals surface area contributed by atoms with E-state index >= 15 is 0 Å². The second-order valence-electron chi connectivity index (χ2n) is 4.98. The average molecular weight is 278 g/mol. The lowest BCUT2D eigenvalue weighted by Gasteiger charge is -1.95. The molecule has 0 aromatic rings. The highest BCUT2D eigenvalue weighted by molar-refractivity contribution is 5.66. The number of rotatable bonds is 13. The lowest BCUT2D eigenvalue weighted by Crippen LogP contribution is -1.92. The van der Waals surface area contributed by atoms with Gasteiger partial charge in [0.1, 0.15) is 0 Å². The first kappa shape index (κ1) is 18.7. The Kier molecular flexibility index (Phi) is 14.7. The van der Waals surface area contributed by atoms with Gasteiger partial charge >= 0.3 is 5.97 Å². The Balaban J connectivity index is 3.23. The molecule has 0 fully saturated rings. The van der Waals surface area contributed by atoms with Gasteiger partial charge in [-0.3, -0.25) is 4.79 Å². The molecule has 20 heavy (non-hydrogen) atoms. The van der Waals surface area contributed by atoms with E-state index in [0.717, 1.165) is 38.5 Å². The lowest BCUT2D eigenvalue weighted by molar-refractivity contribution is -0.137. The fourth-order valence-corrected chi connectivity index (χ4v) is 1.85. The van der Waals surface area contributed by atoms with Crippen LogP contribution in [0.2, 0.25) is 0 Å². The van der Waals surface area contributed by atoms with Crippen LogP contribution in [0.5, 0.6) is 0 Å². The summed E-state index contributed by atoms with van der Waals surface area (Å²) in [6.45, 7) is 2.15. The molecule has 0 bridgehead atoms. The van der Waals surface area contributed by atoms with Crippen molar-refractivity contribution < 1.29 is 9.90 Å². The topological polar surface area (TPSA) is 37.3 Å². The van der Waals surface area contributed by atoms with Crippen LogP contribution in [0.3, 0.4) is 0 Å². The summed E-state index contributed by atoms with van der Waals surface area (Å²) in [5, 5.41) is 8.49. The summed E-state index contributed by atoms with van der Waals surface area (Å²) in [6.07, 6.45) is 23.4. The average Bonchev–Trinajstić information content (AvgIpc) is 2.43. The van der Waals surface area contributed by atoms with Crippen LogP contribution in [0, 0.1) is 0 Å². The molecule has 0 heterocycles. The predicted octanol–water partition coefficient (Wildman–Crippen LogP) is 5.66. The standard InChI is InChI=1S/C18H30O2/c1-2-3-4-5-6-7-8-9-10-11-12-13-14-15-16-17-18(19)20/h3-4,6-7,12-13H,2,5,8-11,14-17H2,1H3,(H,19,20)/b4-3-,7-6-,13-12-. The summed E-state index contributed by atoms with van der Waals surface area (Å²) in [7, 11) is 0. The van der Waals surface area contributed by atoms with Crippen LogP contribution < -0.4 is 0 Å². The van der Waals surface area contributed by atoms with Gasteiger partial charge in [0.25, 0.3) is 0 Å². The Hall–Kier alpha value is -1.31. The molecule has 0 rings (SSSR count). The highest BCUT2D eigenvalue weighted by Gasteiger charge is 1.94. The van der Waals surface area contributed by atoms with Crippen LogP contribution in [0.1, 0.15) is 71.1 Å². The SMILES string of the molecule is CC/C=C\C/C=C\CCCC/C=C\CCCCC(=O)O. The molecule has 0 unspecified atom stereocenters. The minimum absolute atomic E-state index is 0.299. The van der Waals surface area contributed by atoms with Gasteiger partial charge in [-0.2, -0.15) is 0 Å². The molecule has 2 nitrogen and oxygen atoms in total. The quantitative estimate of drug-likeness (QED) is 0.348. The maximum Gasteiger partial charge on any atom is 0.303 e. The van der Waals surface area contributed by atoms with E-state index in [0.29, 0.717) is 6.42 Å². The van der Waals surface area contributed by atoms with Gasteiger partial charge in [0.05, 0.1) is 0 Å². The van der Waals surface area contributed by atoms with Gasteiger partial charge in [-0.25, -0.2) is 0 Å². The van der Waals surface area contributed by atoms with Crippen molar-refractivity contribution in [3.05, 3.63) is 36.5 Å². The number of carboxylic acids is 1. The minimum Gasteiger partial charge on any atom is -0.481 e. The van der Waals surface area contributed by atoms with E-state index in [9.17, 15) is 4.79 Å². The number of carbonyl (C=O) groups is 1. The first-order valence-electron chi connectivity index (χ1n) is 7.94. The van der Waals surface area contributed by atoms with Gasteiger partial charge in [-0.15, -0.1) is 0 Å². The van der Waals surface area contributed by atoms with E-state index in [1.54, 1.807) is 0 Å². The third kappa shape index (κ3) is 16.7. The Morgan fingerprint density at radius 2 is 1.30 bits per heavy atom. The zero-order chi connectivity index (χ0) is 14.9. The smallest absolute Gasteiger partial charge is 0.303 e. The molecule has 0 aliphatic heterocycles. The molecule has 0 saturated carbocycles. The van der Waals surface area contributed by atoms with Crippen LogP contribution in [0.25, 0.3) is 0 Å². The van der Waals surface area contributed by atoms with Gasteiger partial charge in [-0.1, -0.05) is 43.4 Å². The monoisotopic (exact) mass is 278 g/mol. The van der Waals surface area contributed by atoms with Gasteiger partial charge in [-0.05, 0) is 57.8 Å². The van der Waals surface area contributed by atoms with Crippen LogP contribution in [-0.2, 0) is 4.79 Å². The number of hydrogen-bond acceptors (Lipinski definition) is 1. The largest absolute Gasteiger partial charge is 0.481 e. The summed E-state index contributed by atoms with van der Waals surface area (Å²) < 4.78 is 0. The van der Waals surface area contributed by atoms with Crippen LogP contribution in [0.4, 0.5) is 0 Å². The molecular formula is C18H30O2. The van der Waals surface area contributed by atoms with E-state index in [4.69, 9.17) is 5.11 Å². The van der Waals surface area contributed by atoms with E-state index in [-0.39, 0.29) is 0 Å². The number of allylic oxidation sites excluding steroid dienone is 6. The number of carboxylic acid groups (broad SMARTS) is 1. The molecule has 0 aliphatic rings. The molecule has 0 aromatic heterocycles. The van der Waals surface area contributed by atoms with Crippen molar-refractivity contribution in [2.24, 2.45) is 0 Å². The minimum atomic E-state index is -0.688. The van der Waals surface area contributed by atoms with E-state index in [1.807, 2.05) is 0 Å². The summed E-state index contributed by atoms with van der Waals surface area (Å²) in [4.78, 5) is 10.3. The Bertz CT molecular complexity index is 301. The Labute approximate surface area is 124 Å². The number of hydrogen-bond donors (Lipinski definition) is 1. The Morgan fingerprint density at radius 3 is 1.85 bits per heavy atom. The lowest BCUT2D eigenvalue weighted by atomic mass is 10.1. The normalized spacial score (nSPS) is 12.1. The molecule has 0 atom stereocenters. The van der Waals surface area contributed by atoms with Crippen molar-refractivity contribution in [3.8, 4) is 0 Å². The molecule has 0 radical (unpaired) electrons. The molecule has 114 valence electrons. The molecule has 0 amide bonds. The molecule has 0 aliphatic carbocycles. The third-order valence-corrected chi connectivity index (χ3v) is 3.01. The molecule has 0 spiro atoms. The zero-order valence-electron chi connectivity index (χ0n) is 12.9. The van der Waals surface area contributed by atoms with Crippen molar-refractivity contribution in [2.45, 2.75) is 71.1 Å². The van der Waals surface area contributed by atoms with Gasteiger partial charge in [0.15, 0.2) is 0 Å².